The highest BCUT2D eigenvalue weighted by Gasteiger charge is 2.22. The number of hydrogen-bond acceptors (Lipinski definition) is 4. The standard InChI is InChI=1S/C14H12ClN3O2S/c1-18-3-2-16-14(18)21-7-12(19)9-4-8-5-13(20)17-11(8)6-10(9)15/h2-4,6H,5,7H2,1H3,(H,17,20). The first-order chi connectivity index (χ1) is 10.0. The van der Waals surface area contributed by atoms with Crippen LogP contribution in [0.25, 0.3) is 0 Å². The molecule has 7 heteroatoms. The topological polar surface area (TPSA) is 64.0 Å². The normalized spacial score (nSPS) is 13.1. The van der Waals surface area contributed by atoms with Crippen molar-refractivity contribution in [2.45, 2.75) is 11.6 Å². The van der Waals surface area contributed by atoms with Gasteiger partial charge in [0.2, 0.25) is 5.91 Å². The fourth-order valence-electron chi connectivity index (χ4n) is 2.16. The fourth-order valence-corrected chi connectivity index (χ4v) is 3.25. The molecule has 21 heavy (non-hydrogen) atoms. The quantitative estimate of drug-likeness (QED) is 0.694. The Balaban J connectivity index is 1.78. The first kappa shape index (κ1) is 14.2. The molecule has 1 N–H and O–H groups in total. The van der Waals surface area contributed by atoms with E-state index in [9.17, 15) is 9.59 Å². The van der Waals surface area contributed by atoms with Gasteiger partial charge in [-0.1, -0.05) is 23.4 Å². The van der Waals surface area contributed by atoms with Crippen LogP contribution < -0.4 is 5.32 Å². The zero-order valence-corrected chi connectivity index (χ0v) is 12.8. The third-order valence-corrected chi connectivity index (χ3v) is 4.60. The minimum Gasteiger partial charge on any atom is -0.329 e. The summed E-state index contributed by atoms with van der Waals surface area (Å²) in [4.78, 5) is 27.8. The summed E-state index contributed by atoms with van der Waals surface area (Å²) in [7, 11) is 1.87. The van der Waals surface area contributed by atoms with Crippen molar-refractivity contribution in [3.63, 3.8) is 0 Å². The van der Waals surface area contributed by atoms with E-state index in [4.69, 9.17) is 11.6 Å². The van der Waals surface area contributed by atoms with Gasteiger partial charge in [-0.25, -0.2) is 4.98 Å². The molecule has 108 valence electrons. The number of anilines is 1. The van der Waals surface area contributed by atoms with Crippen LogP contribution in [-0.4, -0.2) is 27.0 Å². The summed E-state index contributed by atoms with van der Waals surface area (Å²) in [5.41, 5.74) is 1.96. The van der Waals surface area contributed by atoms with Crippen LogP contribution in [0.4, 0.5) is 5.69 Å². The van der Waals surface area contributed by atoms with Crippen LogP contribution in [0.3, 0.4) is 0 Å². The number of carbonyl (C=O) groups excluding carboxylic acids is 2. The summed E-state index contributed by atoms with van der Waals surface area (Å²) in [5, 5.41) is 3.85. The molecule has 0 saturated heterocycles. The van der Waals surface area contributed by atoms with Gasteiger partial charge in [-0.2, -0.15) is 0 Å². The lowest BCUT2D eigenvalue weighted by atomic mass is 10.1. The van der Waals surface area contributed by atoms with Gasteiger partial charge in [0.1, 0.15) is 0 Å². The van der Waals surface area contributed by atoms with E-state index in [0.717, 1.165) is 10.7 Å². The molecule has 0 atom stereocenters. The number of nitrogens with zero attached hydrogens (tertiary/aromatic N) is 2. The number of rotatable bonds is 4. The summed E-state index contributed by atoms with van der Waals surface area (Å²) in [6.45, 7) is 0. The van der Waals surface area contributed by atoms with Crippen molar-refractivity contribution in [2.24, 2.45) is 7.05 Å². The Kier molecular flexibility index (Phi) is 3.73. The van der Waals surface area contributed by atoms with Gasteiger partial charge < -0.3 is 9.88 Å². The van der Waals surface area contributed by atoms with Gasteiger partial charge in [-0.15, -0.1) is 0 Å². The molecule has 3 rings (SSSR count). The minimum atomic E-state index is -0.0759. The van der Waals surface area contributed by atoms with E-state index in [1.165, 1.54) is 11.8 Å². The number of benzene rings is 1. The molecule has 1 aliphatic heterocycles. The molecule has 0 bridgehead atoms. The number of imidazole rings is 1. The SMILES string of the molecule is Cn1ccnc1SCC(=O)c1cc2c(cc1Cl)NC(=O)C2. The van der Waals surface area contributed by atoms with Crippen LogP contribution in [0.5, 0.6) is 0 Å². The maximum absolute atomic E-state index is 12.3. The number of Topliss-reactive ketones (excluding diaryl/α,β-unsaturated/α-hetero) is 1. The lowest BCUT2D eigenvalue weighted by molar-refractivity contribution is -0.115. The van der Waals surface area contributed by atoms with Gasteiger partial charge in [0, 0.05) is 30.7 Å². The van der Waals surface area contributed by atoms with Gasteiger partial charge in [0.05, 0.1) is 17.2 Å². The van der Waals surface area contributed by atoms with Crippen LogP contribution in [-0.2, 0) is 18.3 Å². The van der Waals surface area contributed by atoms with Crippen molar-refractivity contribution in [1.82, 2.24) is 9.55 Å². The second-order valence-corrected chi connectivity index (χ2v) is 6.10. The highest BCUT2D eigenvalue weighted by molar-refractivity contribution is 7.99. The number of hydrogen-bond donors (Lipinski definition) is 1. The summed E-state index contributed by atoms with van der Waals surface area (Å²) in [6.07, 6.45) is 3.80. The molecule has 0 unspecified atom stereocenters. The maximum atomic E-state index is 12.3. The highest BCUT2D eigenvalue weighted by atomic mass is 35.5. The molecule has 0 spiro atoms. The van der Waals surface area contributed by atoms with Crippen molar-refractivity contribution in [3.8, 4) is 0 Å². The molecular weight excluding hydrogens is 310 g/mol. The molecule has 2 aromatic rings. The van der Waals surface area contributed by atoms with Gasteiger partial charge in [-0.3, -0.25) is 9.59 Å². The molecule has 0 aliphatic carbocycles. The molecule has 0 radical (unpaired) electrons. The van der Waals surface area contributed by atoms with Gasteiger partial charge >= 0.3 is 0 Å². The van der Waals surface area contributed by atoms with E-state index in [1.807, 2.05) is 17.8 Å². The largest absolute Gasteiger partial charge is 0.329 e. The Labute approximate surface area is 130 Å². The van der Waals surface area contributed by atoms with Crippen molar-refractivity contribution >= 4 is 40.7 Å². The highest BCUT2D eigenvalue weighted by Crippen LogP contribution is 2.30. The van der Waals surface area contributed by atoms with Gasteiger partial charge in [-0.05, 0) is 17.7 Å². The van der Waals surface area contributed by atoms with Gasteiger partial charge in [0.15, 0.2) is 10.9 Å². The summed E-state index contributed by atoms with van der Waals surface area (Å²) in [6, 6.07) is 3.34. The number of halogens is 1. The average molecular weight is 322 g/mol. The third kappa shape index (κ3) is 2.82. The predicted octanol–water partition coefficient (Wildman–Crippen LogP) is 2.54. The van der Waals surface area contributed by atoms with Crippen molar-refractivity contribution in [1.29, 1.82) is 0 Å². The molecule has 0 saturated carbocycles. The average Bonchev–Trinajstić information content (AvgIpc) is 2.99. The Hall–Kier alpha value is -1.79. The van der Waals surface area contributed by atoms with Crippen molar-refractivity contribution in [3.05, 3.63) is 40.7 Å². The van der Waals surface area contributed by atoms with E-state index in [2.05, 4.69) is 10.3 Å². The second-order valence-electron chi connectivity index (χ2n) is 4.75. The fraction of sp³-hybridized carbons (Fsp3) is 0.214. The monoisotopic (exact) mass is 321 g/mol. The van der Waals surface area contributed by atoms with Crippen molar-refractivity contribution < 1.29 is 9.59 Å². The van der Waals surface area contributed by atoms with E-state index in [1.54, 1.807) is 18.3 Å². The van der Waals surface area contributed by atoms with Crippen LogP contribution in [0.2, 0.25) is 5.02 Å². The zero-order valence-electron chi connectivity index (χ0n) is 11.2. The Morgan fingerprint density at radius 2 is 2.33 bits per heavy atom. The molecule has 1 aromatic carbocycles. The number of nitrogens with one attached hydrogen (secondary N) is 1. The van der Waals surface area contributed by atoms with Crippen molar-refractivity contribution in [2.75, 3.05) is 11.1 Å². The molecule has 1 aromatic heterocycles. The molecular formula is C14H12ClN3O2S. The molecule has 2 heterocycles. The van der Waals surface area contributed by atoms with Crippen LogP contribution >= 0.6 is 23.4 Å². The Bertz CT molecular complexity index is 742. The third-order valence-electron chi connectivity index (χ3n) is 3.23. The van der Waals surface area contributed by atoms with E-state index < -0.39 is 0 Å². The number of fused-ring (bicyclic) bond motifs is 1. The van der Waals surface area contributed by atoms with Crippen LogP contribution in [0, 0.1) is 0 Å². The number of carbonyl (C=O) groups is 2. The van der Waals surface area contributed by atoms with E-state index in [-0.39, 0.29) is 17.4 Å². The molecule has 0 fully saturated rings. The molecule has 5 nitrogen and oxygen atoms in total. The van der Waals surface area contributed by atoms with E-state index >= 15 is 0 Å². The van der Waals surface area contributed by atoms with E-state index in [0.29, 0.717) is 22.7 Å². The zero-order chi connectivity index (χ0) is 15.0. The number of ketones is 1. The summed E-state index contributed by atoms with van der Waals surface area (Å²) in [5.74, 6) is 0.105. The number of amides is 1. The maximum Gasteiger partial charge on any atom is 0.228 e. The number of aromatic nitrogens is 2. The lowest BCUT2D eigenvalue weighted by Crippen LogP contribution is -2.05. The predicted molar refractivity (Wildman–Crippen MR) is 82.0 cm³/mol. The van der Waals surface area contributed by atoms with Crippen LogP contribution in [0.15, 0.2) is 29.7 Å². The second kappa shape index (κ2) is 5.54. The number of thioether (sulfide) groups is 1. The Morgan fingerprint density at radius 3 is 3.05 bits per heavy atom. The first-order valence-corrected chi connectivity index (χ1v) is 7.66. The van der Waals surface area contributed by atoms with Gasteiger partial charge in [0.25, 0.3) is 0 Å². The Morgan fingerprint density at radius 1 is 1.52 bits per heavy atom. The molecule has 1 amide bonds. The molecule has 1 aliphatic rings. The minimum absolute atomic E-state index is 0.0739. The van der Waals surface area contributed by atoms with Crippen LogP contribution in [0.1, 0.15) is 15.9 Å². The lowest BCUT2D eigenvalue weighted by Gasteiger charge is -2.07. The smallest absolute Gasteiger partial charge is 0.228 e. The summed E-state index contributed by atoms with van der Waals surface area (Å²) < 4.78 is 1.85. The number of aryl methyl sites for hydroxylation is 1. The first-order valence-electron chi connectivity index (χ1n) is 6.30. The summed E-state index contributed by atoms with van der Waals surface area (Å²) >= 11 is 7.50.